The van der Waals surface area contributed by atoms with Gasteiger partial charge in [-0.05, 0) is 38.3 Å². The Bertz CT molecular complexity index is 212. The van der Waals surface area contributed by atoms with Crippen molar-refractivity contribution in [2.45, 2.75) is 51.5 Å². The van der Waals surface area contributed by atoms with Gasteiger partial charge < -0.3 is 16.4 Å². The van der Waals surface area contributed by atoms with Crippen molar-refractivity contribution in [1.82, 2.24) is 10.6 Å². The molecule has 1 fully saturated rings. The topological polar surface area (TPSA) is 50.1 Å². The van der Waals surface area contributed by atoms with Crippen LogP contribution in [0.4, 0.5) is 0 Å². The van der Waals surface area contributed by atoms with Gasteiger partial charge >= 0.3 is 0 Å². The first-order chi connectivity index (χ1) is 8.26. The van der Waals surface area contributed by atoms with Crippen molar-refractivity contribution in [2.24, 2.45) is 11.7 Å². The summed E-state index contributed by atoms with van der Waals surface area (Å²) in [5.41, 5.74) is 6.93. The average molecular weight is 239 g/mol. The molecule has 17 heavy (non-hydrogen) atoms. The standard InChI is InChI=1S/C14H29N3/c1-3-6-12(2)17-14(9-15)8-5-4-7-13-10-16-11-13/h13-14,16-17H,2-11,15H2,1H3. The van der Waals surface area contributed by atoms with Crippen molar-refractivity contribution in [3.8, 4) is 0 Å². The summed E-state index contributed by atoms with van der Waals surface area (Å²) in [5.74, 6) is 0.939. The molecule has 0 aromatic heterocycles. The van der Waals surface area contributed by atoms with Gasteiger partial charge in [0.25, 0.3) is 0 Å². The van der Waals surface area contributed by atoms with E-state index in [9.17, 15) is 0 Å². The highest BCUT2D eigenvalue weighted by molar-refractivity contribution is 4.93. The molecular weight excluding hydrogens is 210 g/mol. The van der Waals surface area contributed by atoms with Crippen LogP contribution in [0.3, 0.4) is 0 Å². The molecule has 1 rings (SSSR count). The van der Waals surface area contributed by atoms with Gasteiger partial charge in [-0.15, -0.1) is 0 Å². The predicted molar refractivity (Wildman–Crippen MR) is 74.9 cm³/mol. The number of allylic oxidation sites excluding steroid dienone is 1. The second-order valence-corrected chi connectivity index (χ2v) is 5.24. The van der Waals surface area contributed by atoms with Crippen molar-refractivity contribution in [3.63, 3.8) is 0 Å². The molecule has 0 bridgehead atoms. The maximum absolute atomic E-state index is 5.78. The highest BCUT2D eigenvalue weighted by atomic mass is 14.9. The van der Waals surface area contributed by atoms with E-state index >= 15 is 0 Å². The number of rotatable bonds is 10. The minimum atomic E-state index is 0.425. The Balaban J connectivity index is 2.02. The summed E-state index contributed by atoms with van der Waals surface area (Å²) >= 11 is 0. The first-order valence-electron chi connectivity index (χ1n) is 7.11. The maximum atomic E-state index is 5.78. The van der Waals surface area contributed by atoms with Gasteiger partial charge in [-0.1, -0.05) is 32.8 Å². The van der Waals surface area contributed by atoms with Crippen molar-refractivity contribution in [1.29, 1.82) is 0 Å². The maximum Gasteiger partial charge on any atom is 0.0380 e. The van der Waals surface area contributed by atoms with E-state index in [1.807, 2.05) is 0 Å². The van der Waals surface area contributed by atoms with E-state index in [0.29, 0.717) is 12.6 Å². The monoisotopic (exact) mass is 239 g/mol. The van der Waals surface area contributed by atoms with Gasteiger partial charge in [0.05, 0.1) is 0 Å². The molecule has 0 radical (unpaired) electrons. The average Bonchev–Trinajstić information content (AvgIpc) is 2.25. The van der Waals surface area contributed by atoms with Crippen LogP contribution in [0.5, 0.6) is 0 Å². The SMILES string of the molecule is C=C(CCC)NC(CN)CCCCC1CNC1. The number of nitrogens with one attached hydrogen (secondary N) is 2. The van der Waals surface area contributed by atoms with E-state index in [0.717, 1.165) is 24.5 Å². The fourth-order valence-electron chi connectivity index (χ4n) is 2.29. The number of unbranched alkanes of at least 4 members (excludes halogenated alkanes) is 1. The van der Waals surface area contributed by atoms with Crippen LogP contribution in [-0.4, -0.2) is 25.7 Å². The molecule has 0 aromatic rings. The Kier molecular flexibility index (Phi) is 7.29. The molecule has 3 heteroatoms. The van der Waals surface area contributed by atoms with E-state index < -0.39 is 0 Å². The van der Waals surface area contributed by atoms with Crippen LogP contribution in [-0.2, 0) is 0 Å². The third kappa shape index (κ3) is 6.08. The molecule has 1 atom stereocenters. The Hall–Kier alpha value is -0.540. The van der Waals surface area contributed by atoms with Gasteiger partial charge in [-0.3, -0.25) is 0 Å². The summed E-state index contributed by atoms with van der Waals surface area (Å²) in [7, 11) is 0. The lowest BCUT2D eigenvalue weighted by molar-refractivity contribution is 0.314. The largest absolute Gasteiger partial charge is 0.385 e. The van der Waals surface area contributed by atoms with E-state index in [1.54, 1.807) is 0 Å². The highest BCUT2D eigenvalue weighted by Crippen LogP contribution is 2.14. The summed E-state index contributed by atoms with van der Waals surface area (Å²) in [5, 5.41) is 6.77. The van der Waals surface area contributed by atoms with Crippen molar-refractivity contribution in [3.05, 3.63) is 12.3 Å². The third-order valence-electron chi connectivity index (χ3n) is 3.53. The second-order valence-electron chi connectivity index (χ2n) is 5.24. The molecule has 1 unspecified atom stereocenters. The lowest BCUT2D eigenvalue weighted by atomic mass is 9.95. The Morgan fingerprint density at radius 3 is 2.76 bits per heavy atom. The summed E-state index contributed by atoms with van der Waals surface area (Å²) in [6.07, 6.45) is 7.39. The third-order valence-corrected chi connectivity index (χ3v) is 3.53. The molecule has 0 saturated carbocycles. The number of hydrogen-bond donors (Lipinski definition) is 3. The van der Waals surface area contributed by atoms with Gasteiger partial charge in [0.1, 0.15) is 0 Å². The smallest absolute Gasteiger partial charge is 0.0380 e. The van der Waals surface area contributed by atoms with E-state index in [-0.39, 0.29) is 0 Å². The first-order valence-corrected chi connectivity index (χ1v) is 7.11. The molecule has 0 spiro atoms. The summed E-state index contributed by atoms with van der Waals surface area (Å²) in [6.45, 7) is 9.39. The quantitative estimate of drug-likeness (QED) is 0.511. The Labute approximate surface area is 106 Å². The van der Waals surface area contributed by atoms with Gasteiger partial charge in [0, 0.05) is 18.3 Å². The Morgan fingerprint density at radius 2 is 2.24 bits per heavy atom. The summed E-state index contributed by atoms with van der Waals surface area (Å²) < 4.78 is 0. The van der Waals surface area contributed by atoms with Crippen LogP contribution in [0.2, 0.25) is 0 Å². The predicted octanol–water partition coefficient (Wildman–Crippen LogP) is 2.00. The zero-order valence-electron chi connectivity index (χ0n) is 11.3. The molecule has 1 heterocycles. The molecule has 0 amide bonds. The first kappa shape index (κ1) is 14.5. The molecule has 0 aromatic carbocycles. The molecule has 1 saturated heterocycles. The lowest BCUT2D eigenvalue weighted by Gasteiger charge is -2.27. The molecule has 1 aliphatic rings. The van der Waals surface area contributed by atoms with E-state index in [1.165, 1.54) is 38.8 Å². The zero-order chi connectivity index (χ0) is 12.5. The molecule has 0 aliphatic carbocycles. The Morgan fingerprint density at radius 1 is 1.47 bits per heavy atom. The highest BCUT2D eigenvalue weighted by Gasteiger charge is 2.15. The zero-order valence-corrected chi connectivity index (χ0v) is 11.3. The van der Waals surface area contributed by atoms with Crippen molar-refractivity contribution in [2.75, 3.05) is 19.6 Å². The number of nitrogens with two attached hydrogens (primary N) is 1. The molecular formula is C14H29N3. The van der Waals surface area contributed by atoms with Crippen LogP contribution in [0, 0.1) is 5.92 Å². The summed E-state index contributed by atoms with van der Waals surface area (Å²) in [6, 6.07) is 0.425. The molecule has 100 valence electrons. The van der Waals surface area contributed by atoms with Crippen LogP contribution in [0.1, 0.15) is 45.4 Å². The number of hydrogen-bond acceptors (Lipinski definition) is 3. The van der Waals surface area contributed by atoms with Crippen LogP contribution in [0.15, 0.2) is 12.3 Å². The van der Waals surface area contributed by atoms with Gasteiger partial charge in [-0.25, -0.2) is 0 Å². The summed E-state index contributed by atoms with van der Waals surface area (Å²) in [4.78, 5) is 0. The van der Waals surface area contributed by atoms with Crippen LogP contribution in [0.25, 0.3) is 0 Å². The second kappa shape index (κ2) is 8.54. The van der Waals surface area contributed by atoms with E-state index in [2.05, 4.69) is 24.1 Å². The molecule has 3 nitrogen and oxygen atoms in total. The van der Waals surface area contributed by atoms with Gasteiger partial charge in [0.15, 0.2) is 0 Å². The van der Waals surface area contributed by atoms with Crippen LogP contribution >= 0.6 is 0 Å². The molecule has 1 aliphatic heterocycles. The minimum Gasteiger partial charge on any atom is -0.385 e. The van der Waals surface area contributed by atoms with Gasteiger partial charge in [-0.2, -0.15) is 0 Å². The van der Waals surface area contributed by atoms with E-state index in [4.69, 9.17) is 5.73 Å². The fraction of sp³-hybridized carbons (Fsp3) is 0.857. The normalized spacial score (nSPS) is 17.5. The van der Waals surface area contributed by atoms with Crippen molar-refractivity contribution >= 4 is 0 Å². The fourth-order valence-corrected chi connectivity index (χ4v) is 2.29. The lowest BCUT2D eigenvalue weighted by Crippen LogP contribution is -2.41. The molecule has 4 N–H and O–H groups in total. The van der Waals surface area contributed by atoms with Crippen LogP contribution < -0.4 is 16.4 Å². The van der Waals surface area contributed by atoms with Gasteiger partial charge in [0.2, 0.25) is 0 Å². The van der Waals surface area contributed by atoms with Crippen molar-refractivity contribution < 1.29 is 0 Å². The minimum absolute atomic E-state index is 0.425.